The fourth-order valence-electron chi connectivity index (χ4n) is 3.38. The van der Waals surface area contributed by atoms with Crippen LogP contribution in [0.4, 0.5) is 0 Å². The van der Waals surface area contributed by atoms with E-state index in [9.17, 15) is 0 Å². The second-order valence-electron chi connectivity index (χ2n) is 7.32. The number of methoxy groups -OCH3 is 1. The first-order valence-corrected chi connectivity index (χ1v) is 10.7. The first-order valence-electron chi connectivity index (χ1n) is 10.7. The van der Waals surface area contributed by atoms with Gasteiger partial charge in [0.15, 0.2) is 5.84 Å². The second-order valence-corrected chi connectivity index (χ2v) is 7.32. The van der Waals surface area contributed by atoms with E-state index in [4.69, 9.17) is 19.6 Å². The minimum absolute atomic E-state index is 0.644. The molecular formula is C27H27N3O2. The van der Waals surface area contributed by atoms with Crippen molar-refractivity contribution in [2.75, 3.05) is 33.4 Å². The molecule has 1 saturated heterocycles. The molecule has 0 bridgehead atoms. The molecule has 0 spiro atoms. The van der Waals surface area contributed by atoms with Crippen molar-refractivity contribution in [1.29, 1.82) is 0 Å². The zero-order chi connectivity index (χ0) is 22.0. The van der Waals surface area contributed by atoms with Crippen LogP contribution in [0.2, 0.25) is 0 Å². The lowest BCUT2D eigenvalue weighted by atomic mass is 10.0. The summed E-state index contributed by atoms with van der Waals surface area (Å²) >= 11 is 0. The Balaban J connectivity index is 1.73. The lowest BCUT2D eigenvalue weighted by molar-refractivity contribution is 0.0393. The smallest absolute Gasteiger partial charge is 0.172 e. The van der Waals surface area contributed by atoms with Gasteiger partial charge in [-0.15, -0.1) is 0 Å². The van der Waals surface area contributed by atoms with Crippen LogP contribution in [0.1, 0.15) is 16.7 Å². The average molecular weight is 426 g/mol. The highest BCUT2D eigenvalue weighted by molar-refractivity contribution is 6.19. The maximum atomic E-state index is 5.48. The van der Waals surface area contributed by atoms with Gasteiger partial charge in [0.05, 0.1) is 39.1 Å². The van der Waals surface area contributed by atoms with Crippen LogP contribution >= 0.6 is 0 Å². The Labute approximate surface area is 189 Å². The third kappa shape index (κ3) is 5.93. The molecule has 32 heavy (non-hydrogen) atoms. The summed E-state index contributed by atoms with van der Waals surface area (Å²) in [7, 11) is 1.67. The highest BCUT2D eigenvalue weighted by Crippen LogP contribution is 2.15. The van der Waals surface area contributed by atoms with Crippen molar-refractivity contribution < 1.29 is 9.47 Å². The second kappa shape index (κ2) is 11.1. The van der Waals surface area contributed by atoms with Crippen molar-refractivity contribution in [2.24, 2.45) is 10.1 Å². The molecular weight excluding hydrogens is 398 g/mol. The van der Waals surface area contributed by atoms with E-state index in [0.717, 1.165) is 41.2 Å². The predicted octanol–water partition coefficient (Wildman–Crippen LogP) is 4.89. The Kier molecular flexibility index (Phi) is 7.45. The minimum Gasteiger partial charge on any atom is -0.497 e. The molecule has 3 aromatic carbocycles. The van der Waals surface area contributed by atoms with Crippen molar-refractivity contribution in [3.8, 4) is 5.75 Å². The molecule has 5 heteroatoms. The van der Waals surface area contributed by atoms with E-state index in [2.05, 4.69) is 24.3 Å². The summed E-state index contributed by atoms with van der Waals surface area (Å²) in [6.07, 6.45) is 3.99. The minimum atomic E-state index is 0.644. The largest absolute Gasteiger partial charge is 0.497 e. The Bertz CT molecular complexity index is 1030. The quantitative estimate of drug-likeness (QED) is 0.417. The maximum absolute atomic E-state index is 5.48. The van der Waals surface area contributed by atoms with Gasteiger partial charge in [0.1, 0.15) is 5.75 Å². The number of hydrogen-bond acceptors (Lipinski definition) is 4. The highest BCUT2D eigenvalue weighted by atomic mass is 16.5. The maximum Gasteiger partial charge on any atom is 0.172 e. The topological polar surface area (TPSA) is 46.4 Å². The molecule has 0 N–H and O–H groups in total. The molecule has 0 amide bonds. The molecule has 0 aromatic heterocycles. The summed E-state index contributed by atoms with van der Waals surface area (Å²) in [5.41, 5.74) is 4.03. The van der Waals surface area contributed by atoms with Crippen molar-refractivity contribution >= 4 is 17.6 Å². The summed E-state index contributed by atoms with van der Waals surface area (Å²) in [5.74, 6) is 1.48. The van der Waals surface area contributed by atoms with Gasteiger partial charge in [-0.25, -0.2) is 4.99 Å². The van der Waals surface area contributed by atoms with E-state index < -0.39 is 0 Å². The number of morpholine rings is 1. The lowest BCUT2D eigenvalue weighted by Crippen LogP contribution is -2.33. The molecule has 4 rings (SSSR count). The van der Waals surface area contributed by atoms with Crippen LogP contribution in [0.15, 0.2) is 101 Å². The normalized spacial score (nSPS) is 14.4. The molecule has 5 nitrogen and oxygen atoms in total. The molecule has 1 fully saturated rings. The Morgan fingerprint density at radius 3 is 2.00 bits per heavy atom. The zero-order valence-electron chi connectivity index (χ0n) is 18.2. The number of amidine groups is 1. The van der Waals surface area contributed by atoms with Gasteiger partial charge in [0, 0.05) is 11.1 Å². The summed E-state index contributed by atoms with van der Waals surface area (Å²) in [5, 5.41) is 6.87. The molecule has 1 aliphatic heterocycles. The fraction of sp³-hybridized carbons (Fsp3) is 0.185. The van der Waals surface area contributed by atoms with Gasteiger partial charge >= 0.3 is 0 Å². The van der Waals surface area contributed by atoms with E-state index >= 15 is 0 Å². The molecule has 3 aromatic rings. The first-order chi connectivity index (χ1) is 15.8. The van der Waals surface area contributed by atoms with Crippen LogP contribution in [-0.2, 0) is 4.74 Å². The standard InChI is InChI=1S/C27H27N3O2/c1-31-25-15-12-22(13-16-25)14-17-26(29-30-18-20-32-21-19-30)28-27(23-8-4-2-5-9-23)24-10-6-3-7-11-24/h2-17H,18-21H2,1H3/b17-14+,29-26-. The molecule has 162 valence electrons. The number of benzene rings is 3. The van der Waals surface area contributed by atoms with Crippen LogP contribution in [0.3, 0.4) is 0 Å². The molecule has 0 atom stereocenters. The molecule has 0 unspecified atom stereocenters. The molecule has 1 heterocycles. The van der Waals surface area contributed by atoms with Gasteiger partial charge in [-0.3, -0.25) is 5.01 Å². The van der Waals surface area contributed by atoms with E-state index in [1.165, 1.54) is 0 Å². The predicted molar refractivity (Wildman–Crippen MR) is 130 cm³/mol. The summed E-state index contributed by atoms with van der Waals surface area (Å²) < 4.78 is 10.7. The van der Waals surface area contributed by atoms with Gasteiger partial charge < -0.3 is 9.47 Å². The summed E-state index contributed by atoms with van der Waals surface area (Å²) in [4.78, 5) is 5.03. The van der Waals surface area contributed by atoms with Gasteiger partial charge in [-0.05, 0) is 23.8 Å². The van der Waals surface area contributed by atoms with Gasteiger partial charge in [-0.2, -0.15) is 5.10 Å². The van der Waals surface area contributed by atoms with E-state index in [0.29, 0.717) is 19.0 Å². The number of ether oxygens (including phenoxy) is 2. The van der Waals surface area contributed by atoms with Gasteiger partial charge in [0.2, 0.25) is 0 Å². The highest BCUT2D eigenvalue weighted by Gasteiger charge is 2.11. The van der Waals surface area contributed by atoms with E-state index in [-0.39, 0.29) is 0 Å². The monoisotopic (exact) mass is 425 g/mol. The fourth-order valence-corrected chi connectivity index (χ4v) is 3.38. The summed E-state index contributed by atoms with van der Waals surface area (Å²) in [6.45, 7) is 2.85. The molecule has 0 radical (unpaired) electrons. The van der Waals surface area contributed by atoms with Gasteiger partial charge in [0.25, 0.3) is 0 Å². The van der Waals surface area contributed by atoms with Crippen LogP contribution in [-0.4, -0.2) is 50.0 Å². The third-order valence-electron chi connectivity index (χ3n) is 5.09. The van der Waals surface area contributed by atoms with Crippen LogP contribution in [0.25, 0.3) is 6.08 Å². The lowest BCUT2D eigenvalue weighted by Gasteiger charge is -2.24. The van der Waals surface area contributed by atoms with Crippen LogP contribution < -0.4 is 4.74 Å². The van der Waals surface area contributed by atoms with E-state index in [1.54, 1.807) is 7.11 Å². The third-order valence-corrected chi connectivity index (χ3v) is 5.09. The molecule has 0 saturated carbocycles. The van der Waals surface area contributed by atoms with Crippen LogP contribution in [0.5, 0.6) is 5.75 Å². The van der Waals surface area contributed by atoms with Gasteiger partial charge in [-0.1, -0.05) is 78.9 Å². The number of hydrazone groups is 1. The van der Waals surface area contributed by atoms with Crippen LogP contribution in [0, 0.1) is 0 Å². The number of nitrogens with zero attached hydrogens (tertiary/aromatic N) is 3. The number of hydrogen-bond donors (Lipinski definition) is 0. The summed E-state index contributed by atoms with van der Waals surface area (Å²) in [6, 6.07) is 28.4. The number of aliphatic imine (C=N–C) groups is 1. The SMILES string of the molecule is COc1ccc(/C=C/C(N=C(c2ccccc2)c2ccccc2)=N/N2CCOCC2)cc1. The van der Waals surface area contributed by atoms with Crippen molar-refractivity contribution in [1.82, 2.24) is 5.01 Å². The Hall–Kier alpha value is -3.70. The van der Waals surface area contributed by atoms with E-state index in [1.807, 2.05) is 77.8 Å². The molecule has 0 aliphatic carbocycles. The van der Waals surface area contributed by atoms with Crippen molar-refractivity contribution in [3.63, 3.8) is 0 Å². The van der Waals surface area contributed by atoms with Crippen molar-refractivity contribution in [2.45, 2.75) is 0 Å². The Morgan fingerprint density at radius 1 is 0.844 bits per heavy atom. The average Bonchev–Trinajstić information content (AvgIpc) is 2.87. The molecule has 1 aliphatic rings. The Morgan fingerprint density at radius 2 is 1.44 bits per heavy atom. The van der Waals surface area contributed by atoms with Crippen molar-refractivity contribution in [3.05, 3.63) is 108 Å². The first kappa shape index (κ1) is 21.5. The zero-order valence-corrected chi connectivity index (χ0v) is 18.2. The number of rotatable bonds is 6.